The molecule has 0 amide bonds. The van der Waals surface area contributed by atoms with E-state index in [0.717, 1.165) is 0 Å². The van der Waals surface area contributed by atoms with Crippen LogP contribution in [0.2, 0.25) is 0 Å². The Kier molecular flexibility index (Phi) is 4.36. The maximum absolute atomic E-state index is 11.9. The van der Waals surface area contributed by atoms with Crippen LogP contribution in [-0.2, 0) is 0 Å². The second kappa shape index (κ2) is 6.38. The van der Waals surface area contributed by atoms with Crippen LogP contribution in [-0.4, -0.2) is 24.8 Å². The number of benzene rings is 2. The molecule has 0 spiro atoms. The maximum Gasteiger partial charge on any atom is 0.343 e. The zero-order valence-electron chi connectivity index (χ0n) is 10.8. The molecule has 0 aliphatic heterocycles. The normalized spacial score (nSPS) is 9.71. The Bertz CT molecular complexity index is 701. The van der Waals surface area contributed by atoms with Crippen LogP contribution in [0.3, 0.4) is 0 Å². The molecule has 0 fully saturated rings. The molecule has 5 nitrogen and oxygen atoms in total. The fourth-order valence-electron chi connectivity index (χ4n) is 1.68. The number of esters is 1. The minimum atomic E-state index is -0.658. The van der Waals surface area contributed by atoms with E-state index in [1.165, 1.54) is 42.5 Å². The lowest BCUT2D eigenvalue weighted by Crippen LogP contribution is -2.10. The van der Waals surface area contributed by atoms with Crippen LogP contribution in [0.5, 0.6) is 5.75 Å². The van der Waals surface area contributed by atoms with E-state index in [2.05, 4.69) is 0 Å². The minimum Gasteiger partial charge on any atom is -0.422 e. The second-order valence-electron chi connectivity index (χ2n) is 4.16. The van der Waals surface area contributed by atoms with Crippen LogP contribution in [0.1, 0.15) is 41.4 Å². The van der Waals surface area contributed by atoms with E-state index in [4.69, 9.17) is 4.74 Å². The highest BCUT2D eigenvalue weighted by molar-refractivity contribution is 5.93. The maximum atomic E-state index is 11.9. The highest BCUT2D eigenvalue weighted by Crippen LogP contribution is 2.19. The van der Waals surface area contributed by atoms with Gasteiger partial charge >= 0.3 is 5.97 Å². The summed E-state index contributed by atoms with van der Waals surface area (Å²) < 4.78 is 5.12. The summed E-state index contributed by atoms with van der Waals surface area (Å²) in [5, 5.41) is 0. The third-order valence-electron chi connectivity index (χ3n) is 2.78. The Balaban J connectivity index is 2.24. The van der Waals surface area contributed by atoms with Crippen molar-refractivity contribution >= 4 is 24.8 Å². The van der Waals surface area contributed by atoms with Gasteiger partial charge in [0.15, 0.2) is 6.29 Å². The van der Waals surface area contributed by atoms with Gasteiger partial charge in [-0.2, -0.15) is 0 Å². The molecule has 0 heterocycles. The predicted octanol–water partition coefficient (Wildman–Crippen LogP) is 2.34. The average molecular weight is 282 g/mol. The number of hydrogen-bond acceptors (Lipinski definition) is 5. The summed E-state index contributed by atoms with van der Waals surface area (Å²) in [6, 6.07) is 10.0. The van der Waals surface area contributed by atoms with Crippen molar-refractivity contribution in [3.05, 3.63) is 64.7 Å². The van der Waals surface area contributed by atoms with Gasteiger partial charge in [-0.1, -0.05) is 12.1 Å². The second-order valence-corrected chi connectivity index (χ2v) is 4.16. The standard InChI is InChI=1S/C16H10O5/c17-8-11-1-4-13(5-2-11)16(20)21-15-6-3-12(9-18)7-14(15)10-19/h1-10H. The first-order valence-electron chi connectivity index (χ1n) is 5.99. The van der Waals surface area contributed by atoms with E-state index >= 15 is 0 Å². The molecule has 5 heteroatoms. The molecule has 0 aliphatic carbocycles. The van der Waals surface area contributed by atoms with Crippen molar-refractivity contribution in [2.75, 3.05) is 0 Å². The fraction of sp³-hybridized carbons (Fsp3) is 0. The molecule has 0 saturated carbocycles. The summed E-state index contributed by atoms with van der Waals surface area (Å²) in [6.07, 6.45) is 1.76. The highest BCUT2D eigenvalue weighted by Gasteiger charge is 2.12. The molecule has 0 saturated heterocycles. The van der Waals surface area contributed by atoms with E-state index in [0.29, 0.717) is 30.0 Å². The van der Waals surface area contributed by atoms with E-state index in [9.17, 15) is 19.2 Å². The lowest BCUT2D eigenvalue weighted by molar-refractivity contribution is 0.0733. The summed E-state index contributed by atoms with van der Waals surface area (Å²) in [5.74, 6) is -0.588. The topological polar surface area (TPSA) is 77.5 Å². The zero-order valence-corrected chi connectivity index (χ0v) is 10.8. The zero-order chi connectivity index (χ0) is 15.2. The first kappa shape index (κ1) is 14.3. The summed E-state index contributed by atoms with van der Waals surface area (Å²) >= 11 is 0. The molecule has 104 valence electrons. The quantitative estimate of drug-likeness (QED) is 0.478. The summed E-state index contributed by atoms with van der Waals surface area (Å²) in [5.41, 5.74) is 1.11. The van der Waals surface area contributed by atoms with Crippen LogP contribution in [0, 0.1) is 0 Å². The molecule has 0 unspecified atom stereocenters. The third kappa shape index (κ3) is 3.27. The van der Waals surface area contributed by atoms with Gasteiger partial charge in [-0.25, -0.2) is 4.79 Å². The summed E-state index contributed by atoms with van der Waals surface area (Å²) in [6.45, 7) is 0. The molecular weight excluding hydrogens is 272 g/mol. The molecule has 0 N–H and O–H groups in total. The van der Waals surface area contributed by atoms with Gasteiger partial charge in [-0.05, 0) is 30.3 Å². The van der Waals surface area contributed by atoms with Crippen molar-refractivity contribution in [1.29, 1.82) is 0 Å². The van der Waals surface area contributed by atoms with Gasteiger partial charge in [0, 0.05) is 11.1 Å². The van der Waals surface area contributed by atoms with Crippen LogP contribution in [0.15, 0.2) is 42.5 Å². The van der Waals surface area contributed by atoms with Gasteiger partial charge in [-0.3, -0.25) is 14.4 Å². The monoisotopic (exact) mass is 282 g/mol. The fourth-order valence-corrected chi connectivity index (χ4v) is 1.68. The Morgan fingerprint density at radius 2 is 1.43 bits per heavy atom. The molecule has 0 radical (unpaired) electrons. The molecule has 2 aromatic carbocycles. The van der Waals surface area contributed by atoms with E-state index in [-0.39, 0.29) is 16.9 Å². The van der Waals surface area contributed by atoms with Gasteiger partial charge < -0.3 is 4.74 Å². The molecule has 0 aliphatic rings. The molecule has 0 atom stereocenters. The molecular formula is C16H10O5. The first-order valence-corrected chi connectivity index (χ1v) is 5.99. The Hall–Kier alpha value is -3.08. The van der Waals surface area contributed by atoms with Crippen molar-refractivity contribution in [2.24, 2.45) is 0 Å². The lowest BCUT2D eigenvalue weighted by Gasteiger charge is -2.07. The number of carbonyl (C=O) groups is 4. The van der Waals surface area contributed by atoms with Crippen molar-refractivity contribution in [3.8, 4) is 5.75 Å². The number of rotatable bonds is 5. The number of carbonyl (C=O) groups excluding carboxylic acids is 4. The van der Waals surface area contributed by atoms with Crippen molar-refractivity contribution in [1.82, 2.24) is 0 Å². The number of aldehydes is 3. The van der Waals surface area contributed by atoms with Crippen LogP contribution in [0.25, 0.3) is 0 Å². The molecule has 2 rings (SSSR count). The molecule has 0 bridgehead atoms. The smallest absolute Gasteiger partial charge is 0.343 e. The van der Waals surface area contributed by atoms with E-state index < -0.39 is 5.97 Å². The van der Waals surface area contributed by atoms with Crippen LogP contribution in [0.4, 0.5) is 0 Å². The van der Waals surface area contributed by atoms with Gasteiger partial charge in [0.25, 0.3) is 0 Å². The van der Waals surface area contributed by atoms with Gasteiger partial charge in [-0.15, -0.1) is 0 Å². The van der Waals surface area contributed by atoms with Crippen molar-refractivity contribution in [2.45, 2.75) is 0 Å². The predicted molar refractivity (Wildman–Crippen MR) is 74.0 cm³/mol. The Morgan fingerprint density at radius 3 is 2.00 bits per heavy atom. The summed E-state index contributed by atoms with van der Waals surface area (Å²) in [7, 11) is 0. The average Bonchev–Trinajstić information content (AvgIpc) is 2.55. The van der Waals surface area contributed by atoms with Gasteiger partial charge in [0.05, 0.1) is 11.1 Å². The SMILES string of the molecule is O=Cc1ccc(C(=O)Oc2ccc(C=O)cc2C=O)cc1. The van der Waals surface area contributed by atoms with Gasteiger partial charge in [0.1, 0.15) is 18.3 Å². The molecule has 2 aromatic rings. The largest absolute Gasteiger partial charge is 0.422 e. The highest BCUT2D eigenvalue weighted by atomic mass is 16.5. The molecule has 21 heavy (non-hydrogen) atoms. The van der Waals surface area contributed by atoms with Gasteiger partial charge in [0.2, 0.25) is 0 Å². The Labute approximate surface area is 120 Å². The Morgan fingerprint density at radius 1 is 0.810 bits per heavy atom. The number of ether oxygens (including phenoxy) is 1. The summed E-state index contributed by atoms with van der Waals surface area (Å²) in [4.78, 5) is 44.1. The molecule has 0 aromatic heterocycles. The number of hydrogen-bond donors (Lipinski definition) is 0. The van der Waals surface area contributed by atoms with E-state index in [1.807, 2.05) is 0 Å². The van der Waals surface area contributed by atoms with Crippen LogP contribution < -0.4 is 4.74 Å². The lowest BCUT2D eigenvalue weighted by atomic mass is 10.1. The van der Waals surface area contributed by atoms with Crippen LogP contribution >= 0.6 is 0 Å². The minimum absolute atomic E-state index is 0.0695. The van der Waals surface area contributed by atoms with E-state index in [1.54, 1.807) is 0 Å². The third-order valence-corrected chi connectivity index (χ3v) is 2.78. The first-order chi connectivity index (χ1) is 10.2. The van der Waals surface area contributed by atoms with Crippen molar-refractivity contribution in [3.63, 3.8) is 0 Å². The van der Waals surface area contributed by atoms with Crippen molar-refractivity contribution < 1.29 is 23.9 Å².